The van der Waals surface area contributed by atoms with Crippen LogP contribution in [0.1, 0.15) is 35.5 Å². The molecule has 1 heterocycles. The second kappa shape index (κ2) is 6.63. The van der Waals surface area contributed by atoms with Crippen molar-refractivity contribution < 1.29 is 4.79 Å². The lowest BCUT2D eigenvalue weighted by Crippen LogP contribution is -1.90. The number of nitrogens with zero attached hydrogens (tertiary/aromatic N) is 1. The van der Waals surface area contributed by atoms with Gasteiger partial charge in [-0.05, 0) is 25.8 Å². The molecule has 0 fully saturated rings. The van der Waals surface area contributed by atoms with Crippen LogP contribution in [-0.4, -0.2) is 16.0 Å². The highest BCUT2D eigenvalue weighted by atomic mass is 16.1. The van der Waals surface area contributed by atoms with Gasteiger partial charge >= 0.3 is 0 Å². The summed E-state index contributed by atoms with van der Waals surface area (Å²) in [6, 6.07) is 10.5. The van der Waals surface area contributed by atoms with E-state index in [1.54, 1.807) is 0 Å². The Morgan fingerprint density at radius 1 is 1.29 bits per heavy atom. The quantitative estimate of drug-likeness (QED) is 0.805. The Morgan fingerprint density at radius 3 is 2.24 bits per heavy atom. The van der Waals surface area contributed by atoms with Crippen molar-refractivity contribution in [1.82, 2.24) is 10.2 Å². The summed E-state index contributed by atoms with van der Waals surface area (Å²) in [7, 11) is 0. The maximum absolute atomic E-state index is 10.7. The lowest BCUT2D eigenvalue weighted by molar-refractivity contribution is 0.101. The molecule has 0 atom stereocenters. The second-order valence-electron chi connectivity index (χ2n) is 3.80. The zero-order chi connectivity index (χ0) is 12.7. The summed E-state index contributed by atoms with van der Waals surface area (Å²) in [5.41, 5.74) is 2.92. The standard InChI is InChI=1S/C8H10.C6H8N2O/c1-2-8-6-4-3-5-7-8;1-4-6(5(2)9)3-7-8-4/h3-7H,2H2,1H3;3H,1-2H3,(H,7,8). The molecule has 0 saturated carbocycles. The molecule has 1 aromatic heterocycles. The number of hydrogen-bond donors (Lipinski definition) is 1. The van der Waals surface area contributed by atoms with E-state index in [0.717, 1.165) is 12.1 Å². The van der Waals surface area contributed by atoms with Gasteiger partial charge in [-0.3, -0.25) is 9.89 Å². The molecule has 0 unspecified atom stereocenters. The van der Waals surface area contributed by atoms with E-state index in [0.29, 0.717) is 5.56 Å². The monoisotopic (exact) mass is 230 g/mol. The topological polar surface area (TPSA) is 45.8 Å². The van der Waals surface area contributed by atoms with Gasteiger partial charge in [-0.25, -0.2) is 0 Å². The summed E-state index contributed by atoms with van der Waals surface area (Å²) in [6.45, 7) is 5.51. The minimum Gasteiger partial charge on any atom is -0.294 e. The van der Waals surface area contributed by atoms with Gasteiger partial charge in [-0.15, -0.1) is 0 Å². The first kappa shape index (κ1) is 13.2. The van der Waals surface area contributed by atoms with Gasteiger partial charge in [0, 0.05) is 5.69 Å². The van der Waals surface area contributed by atoms with Crippen molar-refractivity contribution in [1.29, 1.82) is 0 Å². The predicted octanol–water partition coefficient (Wildman–Crippen LogP) is 3.17. The van der Waals surface area contributed by atoms with E-state index in [-0.39, 0.29) is 5.78 Å². The van der Waals surface area contributed by atoms with Gasteiger partial charge in [0.2, 0.25) is 0 Å². The number of aromatic amines is 1. The Hall–Kier alpha value is -1.90. The maximum Gasteiger partial charge on any atom is 0.163 e. The van der Waals surface area contributed by atoms with Gasteiger partial charge in [0.05, 0.1) is 11.8 Å². The first-order valence-corrected chi connectivity index (χ1v) is 5.70. The number of aromatic nitrogens is 2. The van der Waals surface area contributed by atoms with Crippen LogP contribution in [0, 0.1) is 6.92 Å². The molecule has 0 aliphatic rings. The van der Waals surface area contributed by atoms with E-state index >= 15 is 0 Å². The molecule has 2 aromatic rings. The van der Waals surface area contributed by atoms with Crippen LogP contribution in [-0.2, 0) is 6.42 Å². The molecule has 0 radical (unpaired) electrons. The molecule has 90 valence electrons. The third-order valence-electron chi connectivity index (χ3n) is 2.46. The molecule has 2 rings (SSSR count). The highest BCUT2D eigenvalue weighted by molar-refractivity contribution is 5.94. The highest BCUT2D eigenvalue weighted by Gasteiger charge is 2.02. The molecule has 3 nitrogen and oxygen atoms in total. The van der Waals surface area contributed by atoms with E-state index in [1.807, 2.05) is 13.0 Å². The molecular weight excluding hydrogens is 212 g/mol. The van der Waals surface area contributed by atoms with Crippen LogP contribution in [0.3, 0.4) is 0 Å². The van der Waals surface area contributed by atoms with Crippen LogP contribution < -0.4 is 0 Å². The third kappa shape index (κ3) is 4.23. The van der Waals surface area contributed by atoms with Gasteiger partial charge in [0.25, 0.3) is 0 Å². The fraction of sp³-hybridized carbons (Fsp3) is 0.286. The van der Waals surface area contributed by atoms with Crippen molar-refractivity contribution in [3.63, 3.8) is 0 Å². The average Bonchev–Trinajstić information content (AvgIpc) is 2.77. The third-order valence-corrected chi connectivity index (χ3v) is 2.46. The summed E-state index contributed by atoms with van der Waals surface area (Å²) in [4.78, 5) is 10.7. The van der Waals surface area contributed by atoms with Crippen LogP contribution in [0.15, 0.2) is 36.5 Å². The lowest BCUT2D eigenvalue weighted by atomic mass is 10.2. The first-order valence-electron chi connectivity index (χ1n) is 5.70. The molecule has 1 N–H and O–H groups in total. The normalized spacial score (nSPS) is 9.35. The van der Waals surface area contributed by atoms with E-state index in [4.69, 9.17) is 0 Å². The minimum atomic E-state index is 0.0567. The van der Waals surface area contributed by atoms with Crippen molar-refractivity contribution >= 4 is 5.78 Å². The molecule has 0 spiro atoms. The van der Waals surface area contributed by atoms with Crippen LogP contribution in [0.5, 0.6) is 0 Å². The number of nitrogens with one attached hydrogen (secondary N) is 1. The molecule has 0 saturated heterocycles. The Bertz CT molecular complexity index is 460. The molecule has 17 heavy (non-hydrogen) atoms. The minimum absolute atomic E-state index is 0.0567. The summed E-state index contributed by atoms with van der Waals surface area (Å²) >= 11 is 0. The van der Waals surface area contributed by atoms with Crippen molar-refractivity contribution in [2.45, 2.75) is 27.2 Å². The highest BCUT2D eigenvalue weighted by Crippen LogP contribution is 2.01. The fourth-order valence-electron chi connectivity index (χ4n) is 1.42. The Morgan fingerprint density at radius 2 is 1.94 bits per heavy atom. The van der Waals surface area contributed by atoms with Gasteiger partial charge in [-0.2, -0.15) is 5.10 Å². The number of Topliss-reactive ketones (excluding diaryl/α,β-unsaturated/α-hetero) is 1. The molecule has 1 aromatic carbocycles. The number of aryl methyl sites for hydroxylation is 2. The van der Waals surface area contributed by atoms with Crippen LogP contribution >= 0.6 is 0 Å². The van der Waals surface area contributed by atoms with Crippen LogP contribution in [0.4, 0.5) is 0 Å². The number of carbonyl (C=O) groups excluding carboxylic acids is 1. The molecule has 0 aliphatic carbocycles. The van der Waals surface area contributed by atoms with Gasteiger partial charge in [-0.1, -0.05) is 37.3 Å². The Labute approximate surface area is 102 Å². The summed E-state index contributed by atoms with van der Waals surface area (Å²) in [5, 5.41) is 6.38. The van der Waals surface area contributed by atoms with Crippen LogP contribution in [0.2, 0.25) is 0 Å². The zero-order valence-electron chi connectivity index (χ0n) is 10.5. The van der Waals surface area contributed by atoms with Crippen molar-refractivity contribution in [3.8, 4) is 0 Å². The number of rotatable bonds is 2. The molecule has 3 heteroatoms. The predicted molar refractivity (Wildman–Crippen MR) is 69.1 cm³/mol. The van der Waals surface area contributed by atoms with E-state index < -0.39 is 0 Å². The van der Waals surface area contributed by atoms with Crippen molar-refractivity contribution in [3.05, 3.63) is 53.3 Å². The van der Waals surface area contributed by atoms with Crippen molar-refractivity contribution in [2.24, 2.45) is 0 Å². The summed E-state index contributed by atoms with van der Waals surface area (Å²) in [6.07, 6.45) is 2.68. The average molecular weight is 230 g/mol. The van der Waals surface area contributed by atoms with Gasteiger partial charge in [0.1, 0.15) is 0 Å². The van der Waals surface area contributed by atoms with Crippen molar-refractivity contribution in [2.75, 3.05) is 0 Å². The Balaban J connectivity index is 0.000000171. The van der Waals surface area contributed by atoms with E-state index in [9.17, 15) is 4.79 Å². The summed E-state index contributed by atoms with van der Waals surface area (Å²) in [5.74, 6) is 0.0567. The SMILES string of the molecule is CC(=O)c1cn[nH]c1C.CCc1ccccc1. The first-order chi connectivity index (χ1) is 8.15. The zero-order valence-corrected chi connectivity index (χ0v) is 10.5. The number of benzene rings is 1. The second-order valence-corrected chi connectivity index (χ2v) is 3.80. The number of carbonyl (C=O) groups is 1. The van der Waals surface area contributed by atoms with E-state index in [2.05, 4.69) is 41.4 Å². The fourth-order valence-corrected chi connectivity index (χ4v) is 1.42. The van der Waals surface area contributed by atoms with E-state index in [1.165, 1.54) is 18.7 Å². The maximum atomic E-state index is 10.7. The largest absolute Gasteiger partial charge is 0.294 e. The van der Waals surface area contributed by atoms with Gasteiger partial charge in [0.15, 0.2) is 5.78 Å². The molecule has 0 bridgehead atoms. The molecule has 0 amide bonds. The summed E-state index contributed by atoms with van der Waals surface area (Å²) < 4.78 is 0. The van der Waals surface area contributed by atoms with Crippen LogP contribution in [0.25, 0.3) is 0 Å². The number of ketones is 1. The molecule has 0 aliphatic heterocycles. The molecular formula is C14H18N2O. The lowest BCUT2D eigenvalue weighted by Gasteiger charge is -1.89. The Kier molecular flexibility index (Phi) is 5.14. The van der Waals surface area contributed by atoms with Gasteiger partial charge < -0.3 is 0 Å². The number of hydrogen-bond acceptors (Lipinski definition) is 2. The number of H-pyrrole nitrogens is 1. The smallest absolute Gasteiger partial charge is 0.163 e.